The molecule has 0 aromatic heterocycles. The average molecular weight is 156 g/mol. The lowest BCUT2D eigenvalue weighted by Gasteiger charge is -2.17. The molecule has 11 heavy (non-hydrogen) atoms. The van der Waals surface area contributed by atoms with Gasteiger partial charge in [0, 0.05) is 6.42 Å². The van der Waals surface area contributed by atoms with Gasteiger partial charge in [0.25, 0.3) is 0 Å². The van der Waals surface area contributed by atoms with Gasteiger partial charge in [0.15, 0.2) is 0 Å². The molecule has 1 heteroatoms. The molecule has 2 atom stereocenters. The van der Waals surface area contributed by atoms with Crippen LogP contribution in [0.15, 0.2) is 0 Å². The van der Waals surface area contributed by atoms with E-state index in [1.807, 2.05) is 0 Å². The fourth-order valence-electron chi connectivity index (χ4n) is 1.39. The monoisotopic (exact) mass is 156 g/mol. The number of hydrogen-bond acceptors (Lipinski definition) is 1. The third-order valence-corrected chi connectivity index (χ3v) is 2.32. The fourth-order valence-corrected chi connectivity index (χ4v) is 1.39. The van der Waals surface area contributed by atoms with Crippen molar-refractivity contribution in [3.05, 3.63) is 0 Å². The van der Waals surface area contributed by atoms with Gasteiger partial charge in [0.05, 0.1) is 0 Å². The van der Waals surface area contributed by atoms with Crippen LogP contribution in [0.2, 0.25) is 0 Å². The molecule has 0 saturated heterocycles. The molecule has 0 heterocycles. The van der Waals surface area contributed by atoms with Crippen molar-refractivity contribution in [3.63, 3.8) is 0 Å². The summed E-state index contributed by atoms with van der Waals surface area (Å²) in [6.45, 7) is 8.27. The summed E-state index contributed by atoms with van der Waals surface area (Å²) in [5.41, 5.74) is 0. The topological polar surface area (TPSA) is 17.1 Å². The molecular formula is C10H20O. The summed E-state index contributed by atoms with van der Waals surface area (Å²) >= 11 is 0. The minimum absolute atomic E-state index is 0.320. The number of carbonyl (C=O) groups is 1. The molecule has 0 rings (SSSR count). The normalized spacial score (nSPS) is 16.0. The van der Waals surface area contributed by atoms with Crippen LogP contribution < -0.4 is 0 Å². The maximum atomic E-state index is 10.8. The second-order valence-electron chi connectivity index (χ2n) is 3.65. The van der Waals surface area contributed by atoms with Crippen LogP contribution in [-0.2, 0) is 4.79 Å². The summed E-state index contributed by atoms with van der Waals surface area (Å²) < 4.78 is 0. The first-order valence-corrected chi connectivity index (χ1v) is 4.57. The Bertz CT molecular complexity index is 118. The van der Waals surface area contributed by atoms with Crippen molar-refractivity contribution in [1.29, 1.82) is 0 Å². The Hall–Kier alpha value is -0.330. The third kappa shape index (κ3) is 5.00. The van der Waals surface area contributed by atoms with Gasteiger partial charge >= 0.3 is 0 Å². The van der Waals surface area contributed by atoms with Crippen LogP contribution in [0, 0.1) is 11.8 Å². The fraction of sp³-hybridized carbons (Fsp3) is 0.900. The average Bonchev–Trinajstić information content (AvgIpc) is 1.86. The molecule has 2 unspecified atom stereocenters. The number of rotatable bonds is 5. The van der Waals surface area contributed by atoms with Crippen LogP contribution in [0.5, 0.6) is 0 Å². The zero-order valence-electron chi connectivity index (χ0n) is 8.18. The minimum atomic E-state index is 0.320. The van der Waals surface area contributed by atoms with Crippen molar-refractivity contribution < 1.29 is 4.79 Å². The van der Waals surface area contributed by atoms with Crippen LogP contribution in [0.1, 0.15) is 47.0 Å². The van der Waals surface area contributed by atoms with Crippen LogP contribution >= 0.6 is 0 Å². The molecule has 0 amide bonds. The molecule has 0 spiro atoms. The Balaban J connectivity index is 3.63. The molecule has 0 aromatic carbocycles. The van der Waals surface area contributed by atoms with Crippen LogP contribution in [0.3, 0.4) is 0 Å². The Morgan fingerprint density at radius 1 is 1.27 bits per heavy atom. The van der Waals surface area contributed by atoms with Gasteiger partial charge in [-0.25, -0.2) is 0 Å². The number of ketones is 1. The lowest BCUT2D eigenvalue weighted by Crippen LogP contribution is -2.11. The highest BCUT2D eigenvalue weighted by Gasteiger charge is 2.12. The summed E-state index contributed by atoms with van der Waals surface area (Å²) in [6.07, 6.45) is 3.22. The van der Waals surface area contributed by atoms with E-state index in [-0.39, 0.29) is 0 Å². The second kappa shape index (κ2) is 5.34. The molecule has 0 fully saturated rings. The van der Waals surface area contributed by atoms with E-state index < -0.39 is 0 Å². The van der Waals surface area contributed by atoms with E-state index in [0.717, 1.165) is 6.42 Å². The Morgan fingerprint density at radius 3 is 2.18 bits per heavy atom. The van der Waals surface area contributed by atoms with Crippen molar-refractivity contribution >= 4 is 5.78 Å². The molecular weight excluding hydrogens is 136 g/mol. The molecule has 0 aliphatic heterocycles. The van der Waals surface area contributed by atoms with Gasteiger partial charge in [0.2, 0.25) is 0 Å². The van der Waals surface area contributed by atoms with Gasteiger partial charge < -0.3 is 4.79 Å². The van der Waals surface area contributed by atoms with E-state index in [9.17, 15) is 4.79 Å². The van der Waals surface area contributed by atoms with Crippen molar-refractivity contribution in [2.45, 2.75) is 47.0 Å². The first-order valence-electron chi connectivity index (χ1n) is 4.57. The minimum Gasteiger partial charge on any atom is -0.300 e. The van der Waals surface area contributed by atoms with E-state index in [2.05, 4.69) is 20.8 Å². The van der Waals surface area contributed by atoms with Crippen LogP contribution in [0.25, 0.3) is 0 Å². The SMILES string of the molecule is CCCC(C)C(C)CC(C)=O. The Morgan fingerprint density at radius 2 is 1.82 bits per heavy atom. The number of carbonyl (C=O) groups excluding carboxylic acids is 1. The first kappa shape index (κ1) is 10.7. The van der Waals surface area contributed by atoms with Gasteiger partial charge in [-0.3, -0.25) is 0 Å². The van der Waals surface area contributed by atoms with Crippen molar-refractivity contribution in [2.24, 2.45) is 11.8 Å². The van der Waals surface area contributed by atoms with Gasteiger partial charge in [-0.15, -0.1) is 0 Å². The zero-order chi connectivity index (χ0) is 8.85. The number of hydrogen-bond donors (Lipinski definition) is 0. The lowest BCUT2D eigenvalue weighted by molar-refractivity contribution is -0.118. The van der Waals surface area contributed by atoms with Crippen LogP contribution in [0.4, 0.5) is 0 Å². The number of Topliss-reactive ketones (excluding diaryl/α,β-unsaturated/α-hetero) is 1. The summed E-state index contributed by atoms with van der Waals surface area (Å²) in [7, 11) is 0. The van der Waals surface area contributed by atoms with E-state index >= 15 is 0 Å². The molecule has 0 aliphatic carbocycles. The lowest BCUT2D eigenvalue weighted by atomic mass is 9.88. The maximum Gasteiger partial charge on any atom is 0.130 e. The van der Waals surface area contributed by atoms with Crippen molar-refractivity contribution in [2.75, 3.05) is 0 Å². The zero-order valence-corrected chi connectivity index (χ0v) is 8.18. The third-order valence-electron chi connectivity index (χ3n) is 2.32. The predicted molar refractivity (Wildman–Crippen MR) is 48.5 cm³/mol. The standard InChI is InChI=1S/C10H20O/c1-5-6-8(2)9(3)7-10(4)11/h8-9H,5-7H2,1-4H3. The molecule has 66 valence electrons. The van der Waals surface area contributed by atoms with Crippen LogP contribution in [-0.4, -0.2) is 5.78 Å². The summed E-state index contributed by atoms with van der Waals surface area (Å²) in [4.78, 5) is 10.8. The molecule has 1 nitrogen and oxygen atoms in total. The second-order valence-corrected chi connectivity index (χ2v) is 3.65. The van der Waals surface area contributed by atoms with Gasteiger partial charge in [-0.1, -0.05) is 33.6 Å². The van der Waals surface area contributed by atoms with E-state index in [0.29, 0.717) is 17.6 Å². The van der Waals surface area contributed by atoms with Gasteiger partial charge in [-0.05, 0) is 18.8 Å². The smallest absolute Gasteiger partial charge is 0.130 e. The molecule has 0 bridgehead atoms. The highest BCUT2D eigenvalue weighted by Crippen LogP contribution is 2.19. The van der Waals surface area contributed by atoms with Gasteiger partial charge in [0.1, 0.15) is 5.78 Å². The molecule has 0 aliphatic rings. The van der Waals surface area contributed by atoms with E-state index in [1.54, 1.807) is 6.92 Å². The highest BCUT2D eigenvalue weighted by molar-refractivity contribution is 5.75. The summed E-state index contributed by atoms with van der Waals surface area (Å²) in [5.74, 6) is 1.58. The Labute approximate surface area is 70.2 Å². The largest absolute Gasteiger partial charge is 0.300 e. The molecule has 0 N–H and O–H groups in total. The Kier molecular flexibility index (Phi) is 5.18. The van der Waals surface area contributed by atoms with Gasteiger partial charge in [-0.2, -0.15) is 0 Å². The predicted octanol–water partition coefficient (Wildman–Crippen LogP) is 3.04. The first-order chi connectivity index (χ1) is 5.07. The summed E-state index contributed by atoms with van der Waals surface area (Å²) in [5, 5.41) is 0. The van der Waals surface area contributed by atoms with Crippen molar-refractivity contribution in [3.8, 4) is 0 Å². The molecule has 0 radical (unpaired) electrons. The highest BCUT2D eigenvalue weighted by atomic mass is 16.1. The van der Waals surface area contributed by atoms with Crippen molar-refractivity contribution in [1.82, 2.24) is 0 Å². The maximum absolute atomic E-state index is 10.8. The quantitative estimate of drug-likeness (QED) is 0.598. The van der Waals surface area contributed by atoms with E-state index in [1.165, 1.54) is 12.8 Å². The summed E-state index contributed by atoms with van der Waals surface area (Å²) in [6, 6.07) is 0. The molecule has 0 aromatic rings. The molecule has 0 saturated carbocycles. The van der Waals surface area contributed by atoms with E-state index in [4.69, 9.17) is 0 Å².